The minimum absolute atomic E-state index is 0. The van der Waals surface area contributed by atoms with Crippen LogP contribution < -0.4 is 0 Å². The van der Waals surface area contributed by atoms with E-state index >= 15 is 0 Å². The molecular formula is C32H26Zr+2. The molecule has 0 saturated heterocycles. The molecule has 0 aliphatic heterocycles. The van der Waals surface area contributed by atoms with Gasteiger partial charge in [-0.05, 0) is 64.2 Å². The van der Waals surface area contributed by atoms with E-state index in [0.29, 0.717) is 5.92 Å². The molecule has 0 spiro atoms. The number of hydrogen-bond donors (Lipinski definition) is 0. The molecule has 156 valence electrons. The van der Waals surface area contributed by atoms with Crippen LogP contribution in [0.4, 0.5) is 0 Å². The van der Waals surface area contributed by atoms with Crippen molar-refractivity contribution in [2.24, 2.45) is 0 Å². The van der Waals surface area contributed by atoms with Crippen molar-refractivity contribution in [3.8, 4) is 0 Å². The number of hydrogen-bond acceptors (Lipinski definition) is 0. The number of benzene rings is 3. The second-order valence-corrected chi connectivity index (χ2v) is 7.47. The molecule has 3 aliphatic carbocycles. The topological polar surface area (TPSA) is 0 Å². The molecule has 10 radical (unpaired) electrons. The van der Waals surface area contributed by atoms with Crippen molar-refractivity contribution in [2.75, 3.05) is 0 Å². The van der Waals surface area contributed by atoms with Gasteiger partial charge < -0.3 is 0 Å². The molecule has 3 aromatic carbocycles. The molecule has 2 fully saturated rings. The summed E-state index contributed by atoms with van der Waals surface area (Å²) in [4.78, 5) is 0. The van der Waals surface area contributed by atoms with Crippen LogP contribution in [-0.4, -0.2) is 0 Å². The van der Waals surface area contributed by atoms with Crippen molar-refractivity contribution in [3.05, 3.63) is 184 Å². The van der Waals surface area contributed by atoms with Gasteiger partial charge in [0.05, 0.1) is 0 Å². The van der Waals surface area contributed by atoms with Crippen LogP contribution in [0.5, 0.6) is 0 Å². The van der Waals surface area contributed by atoms with Crippen LogP contribution in [0.25, 0.3) is 5.57 Å². The molecule has 3 aromatic rings. The summed E-state index contributed by atoms with van der Waals surface area (Å²) in [6, 6.07) is 29.5. The summed E-state index contributed by atoms with van der Waals surface area (Å²) < 4.78 is 0. The Bertz CT molecular complexity index is 925. The maximum Gasteiger partial charge on any atom is 4.00 e. The summed E-state index contributed by atoms with van der Waals surface area (Å²) in [6.45, 7) is 0. The Balaban J connectivity index is 0.000000230. The summed E-state index contributed by atoms with van der Waals surface area (Å²) in [5.74, 6) is 0.332. The van der Waals surface area contributed by atoms with E-state index in [-0.39, 0.29) is 26.2 Å². The quantitative estimate of drug-likeness (QED) is 0.261. The van der Waals surface area contributed by atoms with Crippen LogP contribution in [0.3, 0.4) is 0 Å². The first-order chi connectivity index (χ1) is 15.9. The van der Waals surface area contributed by atoms with E-state index in [9.17, 15) is 0 Å². The molecule has 1 heteroatoms. The fourth-order valence-corrected chi connectivity index (χ4v) is 3.62. The fraction of sp³-hybridized carbons (Fsp3) is 0.0312. The molecule has 0 heterocycles. The summed E-state index contributed by atoms with van der Waals surface area (Å²) in [5.41, 5.74) is 6.34. The van der Waals surface area contributed by atoms with E-state index in [1.807, 2.05) is 70.3 Å². The molecule has 33 heavy (non-hydrogen) atoms. The van der Waals surface area contributed by atoms with E-state index in [0.717, 1.165) is 5.56 Å². The molecule has 6 rings (SSSR count). The van der Waals surface area contributed by atoms with Crippen LogP contribution in [0, 0.1) is 76.7 Å². The third-order valence-electron chi connectivity index (χ3n) is 5.24. The van der Waals surface area contributed by atoms with Gasteiger partial charge in [0.2, 0.25) is 0 Å². The first-order valence-electron chi connectivity index (χ1n) is 10.9. The van der Waals surface area contributed by atoms with Gasteiger partial charge in [-0.25, -0.2) is 0 Å². The normalized spacial score (nSPS) is 18.2. The molecule has 0 unspecified atom stereocenters. The van der Waals surface area contributed by atoms with Gasteiger partial charge in [0.1, 0.15) is 0 Å². The average molecular weight is 502 g/mol. The van der Waals surface area contributed by atoms with Gasteiger partial charge in [-0.2, -0.15) is 23.6 Å². The molecular weight excluding hydrogens is 476 g/mol. The maximum absolute atomic E-state index is 3.62. The van der Waals surface area contributed by atoms with Crippen LogP contribution in [-0.2, 0) is 26.2 Å². The van der Waals surface area contributed by atoms with Crippen molar-refractivity contribution < 1.29 is 26.2 Å². The summed E-state index contributed by atoms with van der Waals surface area (Å²) in [7, 11) is 0. The largest absolute Gasteiger partial charge is 4.00 e. The molecule has 0 amide bonds. The Morgan fingerprint density at radius 3 is 1.52 bits per heavy atom. The van der Waals surface area contributed by atoms with Crippen molar-refractivity contribution in [2.45, 2.75) is 5.92 Å². The smallest absolute Gasteiger partial charge is 0.189 e. The predicted molar refractivity (Wildman–Crippen MR) is 134 cm³/mol. The summed E-state index contributed by atoms with van der Waals surface area (Å²) >= 11 is 0. The summed E-state index contributed by atoms with van der Waals surface area (Å²) in [6.07, 6.45) is 26.0. The Hall–Kier alpha value is -1.85. The van der Waals surface area contributed by atoms with Gasteiger partial charge in [0, 0.05) is 0 Å². The molecule has 0 N–H and O–H groups in total. The second kappa shape index (κ2) is 14.4. The first-order valence-corrected chi connectivity index (χ1v) is 10.9. The van der Waals surface area contributed by atoms with Crippen molar-refractivity contribution in [1.29, 1.82) is 0 Å². The van der Waals surface area contributed by atoms with Crippen molar-refractivity contribution >= 4 is 5.57 Å². The van der Waals surface area contributed by atoms with Gasteiger partial charge in [-0.1, -0.05) is 53.9 Å². The molecule has 2 saturated carbocycles. The molecule has 0 bridgehead atoms. The average Bonchev–Trinajstić information content (AvgIpc) is 3.60. The zero-order valence-electron chi connectivity index (χ0n) is 18.5. The van der Waals surface area contributed by atoms with Gasteiger partial charge in [-0.15, -0.1) is 53.6 Å². The van der Waals surface area contributed by atoms with Crippen LogP contribution in [0.2, 0.25) is 0 Å². The molecule has 3 aliphatic rings. The second-order valence-electron chi connectivity index (χ2n) is 7.47. The zero-order valence-corrected chi connectivity index (χ0v) is 21.0. The van der Waals surface area contributed by atoms with Crippen LogP contribution in [0.1, 0.15) is 28.2 Å². The van der Waals surface area contributed by atoms with Gasteiger partial charge in [0.25, 0.3) is 0 Å². The standard InChI is InChI=1S/C22H16.2C5H5.Zr/c1-3-9-17(10-4-1)15-21(18-11-5-2-6-12-18)22-16-19-13-7-8-14-20(19)22;2*1-2-4-5-3-1;/h1-14,16,22H;2*1-5H;/q-2;;;+4/t22-;;;/m0.../s1. The monoisotopic (exact) mass is 500 g/mol. The number of fused-ring (bicyclic) bond motifs is 1. The van der Waals surface area contributed by atoms with Crippen LogP contribution in [0.15, 0.2) is 84.9 Å². The molecule has 0 nitrogen and oxygen atoms in total. The Morgan fingerprint density at radius 1 is 0.545 bits per heavy atom. The van der Waals surface area contributed by atoms with E-state index in [4.69, 9.17) is 0 Å². The molecule has 1 atom stereocenters. The Labute approximate surface area is 220 Å². The minimum Gasteiger partial charge on any atom is -0.189 e. The maximum atomic E-state index is 3.62. The number of rotatable bonds is 3. The minimum atomic E-state index is 0. The summed E-state index contributed by atoms with van der Waals surface area (Å²) in [5, 5.41) is 0. The number of allylic oxidation sites excluding steroid dienone is 1. The Morgan fingerprint density at radius 2 is 1.00 bits per heavy atom. The Kier molecular flexibility index (Phi) is 11.3. The SMILES string of the molecule is [C-](=C(c1ccccc1)[C@H]1[CH-]c2ccccc21)c1ccccc1.[CH]1[CH][CH][CH][CH]1.[CH]1[CH][CH][CH][CH]1.[Zr+4]. The first kappa shape index (κ1) is 25.8. The van der Waals surface area contributed by atoms with E-state index in [1.54, 1.807) is 0 Å². The molecule has 0 aromatic heterocycles. The third-order valence-corrected chi connectivity index (χ3v) is 5.24. The van der Waals surface area contributed by atoms with Gasteiger partial charge >= 0.3 is 26.2 Å². The van der Waals surface area contributed by atoms with Gasteiger partial charge in [0.15, 0.2) is 0 Å². The predicted octanol–water partition coefficient (Wildman–Crippen LogP) is 7.31. The van der Waals surface area contributed by atoms with Crippen molar-refractivity contribution in [3.63, 3.8) is 0 Å². The van der Waals surface area contributed by atoms with E-state index < -0.39 is 0 Å². The van der Waals surface area contributed by atoms with Crippen LogP contribution >= 0.6 is 0 Å². The van der Waals surface area contributed by atoms with Crippen molar-refractivity contribution in [1.82, 2.24) is 0 Å². The zero-order chi connectivity index (χ0) is 21.8. The van der Waals surface area contributed by atoms with Gasteiger partial charge in [-0.3, -0.25) is 0 Å². The fourth-order valence-electron chi connectivity index (χ4n) is 3.62. The van der Waals surface area contributed by atoms with E-state index in [1.165, 1.54) is 22.3 Å². The third kappa shape index (κ3) is 7.86. The van der Waals surface area contributed by atoms with E-state index in [2.05, 4.69) is 91.4 Å².